The second-order valence-electron chi connectivity index (χ2n) is 5.28. The van der Waals surface area contributed by atoms with E-state index in [-0.39, 0.29) is 0 Å². The quantitative estimate of drug-likeness (QED) is 0.339. The average Bonchev–Trinajstić information content (AvgIpc) is 2.40. The molecule has 0 aliphatic carbocycles. The van der Waals surface area contributed by atoms with E-state index in [1.165, 1.54) is 64.3 Å². The summed E-state index contributed by atoms with van der Waals surface area (Å²) in [7, 11) is 0. The summed E-state index contributed by atoms with van der Waals surface area (Å²) in [5.74, 6) is 0. The molecule has 0 bridgehead atoms. The molecular weight excluding hydrogens is 218 g/mol. The minimum absolute atomic E-state index is 0.592. The van der Waals surface area contributed by atoms with Crippen LogP contribution in [0.2, 0.25) is 0 Å². The maximum Gasteiger partial charge on any atom is 0.0247 e. The highest BCUT2D eigenvalue weighted by molar-refractivity contribution is 4.91. The maximum atomic E-state index is 3.63. The Morgan fingerprint density at radius 1 is 0.833 bits per heavy atom. The highest BCUT2D eigenvalue weighted by atomic mass is 14.9. The molecule has 0 spiro atoms. The van der Waals surface area contributed by atoms with Gasteiger partial charge in [-0.1, -0.05) is 77.9 Å². The molecule has 108 valence electrons. The largest absolute Gasteiger partial charge is 0.311 e. The zero-order valence-electron chi connectivity index (χ0n) is 13.0. The van der Waals surface area contributed by atoms with Crippen molar-refractivity contribution in [2.75, 3.05) is 6.54 Å². The lowest BCUT2D eigenvalue weighted by atomic mass is 10.1. The molecule has 0 aromatic carbocycles. The molecule has 18 heavy (non-hydrogen) atoms. The van der Waals surface area contributed by atoms with E-state index < -0.39 is 0 Å². The molecule has 1 nitrogen and oxygen atoms in total. The van der Waals surface area contributed by atoms with Crippen LogP contribution in [0.1, 0.15) is 85.0 Å². The lowest BCUT2D eigenvalue weighted by Crippen LogP contribution is -2.27. The number of hydrogen-bond donors (Lipinski definition) is 1. The number of rotatable bonds is 13. The predicted molar refractivity (Wildman–Crippen MR) is 84.1 cm³/mol. The molecule has 0 aromatic rings. The van der Waals surface area contributed by atoms with Crippen LogP contribution in [0.4, 0.5) is 0 Å². The Bertz CT molecular complexity index is 174. The predicted octanol–water partition coefficient (Wildman–Crippen LogP) is 5.46. The summed E-state index contributed by atoms with van der Waals surface area (Å²) in [6, 6.07) is 0.592. The van der Waals surface area contributed by atoms with E-state index in [0.717, 1.165) is 6.42 Å². The van der Waals surface area contributed by atoms with Gasteiger partial charge in [-0.15, -0.1) is 0 Å². The topological polar surface area (TPSA) is 12.0 Å². The molecule has 1 atom stereocenters. The molecule has 0 aliphatic heterocycles. The number of nitrogens with one attached hydrogen (secondary N) is 1. The Morgan fingerprint density at radius 2 is 1.44 bits per heavy atom. The molecule has 0 saturated carbocycles. The van der Waals surface area contributed by atoms with Crippen molar-refractivity contribution >= 4 is 0 Å². The molecule has 0 heterocycles. The van der Waals surface area contributed by atoms with Gasteiger partial charge in [-0.2, -0.15) is 0 Å². The summed E-state index contributed by atoms with van der Waals surface area (Å²) in [4.78, 5) is 0. The lowest BCUT2D eigenvalue weighted by Gasteiger charge is -2.12. The lowest BCUT2D eigenvalue weighted by molar-refractivity contribution is 0.524. The van der Waals surface area contributed by atoms with Crippen molar-refractivity contribution < 1.29 is 0 Å². The highest BCUT2D eigenvalue weighted by Crippen LogP contribution is 2.08. The minimum Gasteiger partial charge on any atom is -0.311 e. The van der Waals surface area contributed by atoms with E-state index in [0.29, 0.717) is 6.04 Å². The monoisotopic (exact) mass is 253 g/mol. The van der Waals surface area contributed by atoms with Gasteiger partial charge in [0.05, 0.1) is 0 Å². The van der Waals surface area contributed by atoms with Crippen molar-refractivity contribution in [3.05, 3.63) is 12.2 Å². The van der Waals surface area contributed by atoms with E-state index in [1.54, 1.807) is 0 Å². The van der Waals surface area contributed by atoms with E-state index in [1.807, 2.05) is 0 Å². The first-order valence-electron chi connectivity index (χ1n) is 8.25. The molecule has 0 amide bonds. The normalized spacial score (nSPS) is 13.3. The van der Waals surface area contributed by atoms with Crippen molar-refractivity contribution in [2.24, 2.45) is 0 Å². The van der Waals surface area contributed by atoms with Gasteiger partial charge in [-0.25, -0.2) is 0 Å². The van der Waals surface area contributed by atoms with Crippen molar-refractivity contribution in [1.29, 1.82) is 0 Å². The zero-order chi connectivity index (χ0) is 13.5. The Balaban J connectivity index is 3.25. The molecular formula is C17H35N. The average molecular weight is 253 g/mol. The Kier molecular flexibility index (Phi) is 14.5. The molecule has 0 saturated heterocycles. The third kappa shape index (κ3) is 12.2. The summed E-state index contributed by atoms with van der Waals surface area (Å²) >= 11 is 0. The molecule has 0 radical (unpaired) electrons. The molecule has 1 heteroatoms. The number of hydrogen-bond acceptors (Lipinski definition) is 1. The van der Waals surface area contributed by atoms with Crippen LogP contribution in [0.15, 0.2) is 12.2 Å². The van der Waals surface area contributed by atoms with Gasteiger partial charge < -0.3 is 5.32 Å². The van der Waals surface area contributed by atoms with Crippen molar-refractivity contribution in [3.63, 3.8) is 0 Å². The van der Waals surface area contributed by atoms with Crippen LogP contribution in [0.5, 0.6) is 0 Å². The van der Waals surface area contributed by atoms with Crippen LogP contribution < -0.4 is 5.32 Å². The summed E-state index contributed by atoms with van der Waals surface area (Å²) in [6.07, 6.45) is 18.2. The Hall–Kier alpha value is -0.300. The van der Waals surface area contributed by atoms with Crippen molar-refractivity contribution in [1.82, 2.24) is 5.32 Å². The maximum absolute atomic E-state index is 3.63. The molecule has 0 rings (SSSR count). The smallest absolute Gasteiger partial charge is 0.0247 e. The second-order valence-corrected chi connectivity index (χ2v) is 5.28. The minimum atomic E-state index is 0.592. The molecule has 1 N–H and O–H groups in total. The van der Waals surface area contributed by atoms with Crippen molar-refractivity contribution in [2.45, 2.75) is 91.0 Å². The van der Waals surface area contributed by atoms with Crippen LogP contribution >= 0.6 is 0 Å². The fourth-order valence-electron chi connectivity index (χ4n) is 2.20. The van der Waals surface area contributed by atoms with Gasteiger partial charge in [0.15, 0.2) is 0 Å². The van der Waals surface area contributed by atoms with Gasteiger partial charge in [-0.05, 0) is 25.8 Å². The fourth-order valence-corrected chi connectivity index (χ4v) is 2.20. The summed E-state index contributed by atoms with van der Waals surface area (Å²) in [6.45, 7) is 7.91. The van der Waals surface area contributed by atoms with E-state index in [4.69, 9.17) is 0 Å². The molecule has 0 aliphatic rings. The Labute approximate surface area is 115 Å². The fraction of sp³-hybridized carbons (Fsp3) is 0.882. The third-order valence-corrected chi connectivity index (χ3v) is 3.48. The summed E-state index contributed by atoms with van der Waals surface area (Å²) in [5, 5.41) is 3.63. The first-order chi connectivity index (χ1) is 8.85. The second kappa shape index (κ2) is 14.8. The van der Waals surface area contributed by atoms with Crippen LogP contribution in [0, 0.1) is 0 Å². The van der Waals surface area contributed by atoms with Gasteiger partial charge in [0.2, 0.25) is 0 Å². The van der Waals surface area contributed by atoms with Crippen LogP contribution in [-0.2, 0) is 0 Å². The van der Waals surface area contributed by atoms with Gasteiger partial charge in [0.25, 0.3) is 0 Å². The first-order valence-corrected chi connectivity index (χ1v) is 8.25. The molecule has 1 unspecified atom stereocenters. The molecule has 0 aromatic heterocycles. The van der Waals surface area contributed by atoms with Crippen LogP contribution in [-0.4, -0.2) is 12.6 Å². The van der Waals surface area contributed by atoms with E-state index in [9.17, 15) is 0 Å². The summed E-state index contributed by atoms with van der Waals surface area (Å²) < 4.78 is 0. The van der Waals surface area contributed by atoms with Gasteiger partial charge in [-0.3, -0.25) is 0 Å². The Morgan fingerprint density at radius 3 is 2.00 bits per heavy atom. The van der Waals surface area contributed by atoms with Crippen LogP contribution in [0.25, 0.3) is 0 Å². The van der Waals surface area contributed by atoms with Crippen LogP contribution in [0.3, 0.4) is 0 Å². The molecule has 0 fully saturated rings. The number of unbranched alkanes of at least 4 members (excludes halogenated alkanes) is 7. The zero-order valence-corrected chi connectivity index (χ0v) is 13.0. The SMILES string of the molecule is CCC=CC(CC)NCCCCCCCCCC. The third-order valence-electron chi connectivity index (χ3n) is 3.48. The van der Waals surface area contributed by atoms with Gasteiger partial charge in [0, 0.05) is 6.04 Å². The first kappa shape index (κ1) is 17.7. The van der Waals surface area contributed by atoms with E-state index in [2.05, 4.69) is 38.2 Å². The number of allylic oxidation sites excluding steroid dienone is 1. The van der Waals surface area contributed by atoms with Gasteiger partial charge in [0.1, 0.15) is 0 Å². The summed E-state index contributed by atoms with van der Waals surface area (Å²) in [5.41, 5.74) is 0. The van der Waals surface area contributed by atoms with E-state index >= 15 is 0 Å². The standard InChI is InChI=1S/C17H35N/c1-4-7-9-10-11-12-13-14-16-18-17(6-3)15-8-5-2/h8,15,17-18H,4-7,9-14,16H2,1-3H3. The highest BCUT2D eigenvalue weighted by Gasteiger charge is 1.99. The van der Waals surface area contributed by atoms with Crippen molar-refractivity contribution in [3.8, 4) is 0 Å². The van der Waals surface area contributed by atoms with Gasteiger partial charge >= 0.3 is 0 Å².